The largest absolute Gasteiger partial charge is 0.486 e. The molecule has 0 N–H and O–H groups in total. The van der Waals surface area contributed by atoms with Crippen LogP contribution in [0.2, 0.25) is 0 Å². The van der Waals surface area contributed by atoms with Gasteiger partial charge in [0.05, 0.1) is 0 Å². The van der Waals surface area contributed by atoms with Gasteiger partial charge in [0.25, 0.3) is 0 Å². The highest BCUT2D eigenvalue weighted by Gasteiger charge is 2.11. The molecule has 0 amide bonds. The second kappa shape index (κ2) is 13.4. The van der Waals surface area contributed by atoms with E-state index in [1.807, 2.05) is 6.07 Å². The van der Waals surface area contributed by atoms with Gasteiger partial charge in [-0.25, -0.2) is 14.4 Å². The van der Waals surface area contributed by atoms with Gasteiger partial charge in [0.15, 0.2) is 11.5 Å². The summed E-state index contributed by atoms with van der Waals surface area (Å²) in [5.74, 6) is -0.330. The van der Waals surface area contributed by atoms with Crippen LogP contribution >= 0.6 is 0 Å². The van der Waals surface area contributed by atoms with Crippen molar-refractivity contribution in [1.29, 1.82) is 0 Å². The van der Waals surface area contributed by atoms with Gasteiger partial charge in [-0.15, -0.1) is 0 Å². The Morgan fingerprint density at radius 1 is 0.743 bits per heavy atom. The molecular weight excluding hydrogens is 452 g/mol. The standard InChI is InChI=1S/C27H28O8/c1-6-25(28)33-15-13-32-24-17-21(9-12-23(24)31-14-16-34-26(29)18(2)3)20-7-10-22(11-8-20)35-27(30)19(4)5/h6-12,17H,1-2,4,13-16H2,3,5H3. The van der Waals surface area contributed by atoms with Crippen LogP contribution in [0.4, 0.5) is 0 Å². The van der Waals surface area contributed by atoms with Crippen molar-refractivity contribution >= 4 is 17.9 Å². The summed E-state index contributed by atoms with van der Waals surface area (Å²) in [7, 11) is 0. The van der Waals surface area contributed by atoms with Gasteiger partial charge in [-0.3, -0.25) is 0 Å². The van der Waals surface area contributed by atoms with Crippen LogP contribution in [0.1, 0.15) is 13.8 Å². The fourth-order valence-corrected chi connectivity index (χ4v) is 2.59. The highest BCUT2D eigenvalue weighted by Crippen LogP contribution is 2.33. The van der Waals surface area contributed by atoms with E-state index in [0.29, 0.717) is 28.4 Å². The lowest BCUT2D eigenvalue weighted by molar-refractivity contribution is -0.140. The summed E-state index contributed by atoms with van der Waals surface area (Å²) in [6.45, 7) is 13.8. The van der Waals surface area contributed by atoms with Crippen molar-refractivity contribution in [3.05, 3.63) is 79.4 Å². The second-order valence-corrected chi connectivity index (χ2v) is 7.34. The molecule has 0 aliphatic rings. The first-order chi connectivity index (χ1) is 16.7. The monoisotopic (exact) mass is 480 g/mol. The van der Waals surface area contributed by atoms with Crippen LogP contribution in [0.5, 0.6) is 17.2 Å². The Morgan fingerprint density at radius 2 is 1.31 bits per heavy atom. The highest BCUT2D eigenvalue weighted by atomic mass is 16.6. The quantitative estimate of drug-likeness (QED) is 0.180. The van der Waals surface area contributed by atoms with E-state index in [1.165, 1.54) is 0 Å². The molecule has 0 aliphatic carbocycles. The van der Waals surface area contributed by atoms with Gasteiger partial charge < -0.3 is 23.7 Å². The molecule has 184 valence electrons. The zero-order valence-corrected chi connectivity index (χ0v) is 19.8. The van der Waals surface area contributed by atoms with E-state index < -0.39 is 17.9 Å². The second-order valence-electron chi connectivity index (χ2n) is 7.34. The van der Waals surface area contributed by atoms with E-state index in [-0.39, 0.29) is 26.4 Å². The number of benzene rings is 2. The van der Waals surface area contributed by atoms with E-state index in [2.05, 4.69) is 19.7 Å². The third-order valence-corrected chi connectivity index (χ3v) is 4.36. The minimum Gasteiger partial charge on any atom is -0.486 e. The Balaban J connectivity index is 2.13. The van der Waals surface area contributed by atoms with Crippen LogP contribution in [0.3, 0.4) is 0 Å². The summed E-state index contributed by atoms with van der Waals surface area (Å²) in [6.07, 6.45) is 1.07. The first kappa shape index (κ1) is 26.9. The number of carbonyl (C=O) groups excluding carboxylic acids is 3. The molecule has 0 saturated heterocycles. The Kier molecular flexibility index (Phi) is 10.3. The molecule has 2 rings (SSSR count). The Hall–Kier alpha value is -4.33. The molecule has 0 spiro atoms. The maximum atomic E-state index is 11.7. The number of hydrogen-bond donors (Lipinski definition) is 0. The first-order valence-corrected chi connectivity index (χ1v) is 10.7. The molecule has 0 heterocycles. The molecule has 2 aromatic carbocycles. The van der Waals surface area contributed by atoms with E-state index in [1.54, 1.807) is 50.2 Å². The van der Waals surface area contributed by atoms with Gasteiger partial charge >= 0.3 is 17.9 Å². The third-order valence-electron chi connectivity index (χ3n) is 4.36. The molecule has 0 aromatic heterocycles. The summed E-state index contributed by atoms with van der Waals surface area (Å²) in [5, 5.41) is 0. The summed E-state index contributed by atoms with van der Waals surface area (Å²) < 4.78 is 26.7. The normalized spacial score (nSPS) is 10.0. The predicted octanol–water partition coefficient (Wildman–Crippen LogP) is 4.44. The maximum Gasteiger partial charge on any atom is 0.338 e. The number of rotatable bonds is 13. The van der Waals surface area contributed by atoms with E-state index >= 15 is 0 Å². The molecule has 0 unspecified atom stereocenters. The number of carbonyl (C=O) groups is 3. The first-order valence-electron chi connectivity index (χ1n) is 10.7. The summed E-state index contributed by atoms with van der Waals surface area (Å²) >= 11 is 0. The Morgan fingerprint density at radius 3 is 1.91 bits per heavy atom. The van der Waals surface area contributed by atoms with Crippen molar-refractivity contribution in [2.24, 2.45) is 0 Å². The van der Waals surface area contributed by atoms with Gasteiger partial charge in [0.2, 0.25) is 0 Å². The zero-order chi connectivity index (χ0) is 25.8. The lowest BCUT2D eigenvalue weighted by Crippen LogP contribution is -2.14. The molecule has 8 nitrogen and oxygen atoms in total. The fraction of sp³-hybridized carbons (Fsp3) is 0.222. The molecule has 0 radical (unpaired) electrons. The minimum absolute atomic E-state index is 0.0214. The SMILES string of the molecule is C=CC(=O)OCCOc1cc(-c2ccc(OC(=O)C(=C)C)cc2)ccc1OCCOC(=O)C(=C)C. The molecule has 8 heteroatoms. The van der Waals surface area contributed by atoms with Gasteiger partial charge in [-0.1, -0.05) is 37.9 Å². The Bertz CT molecular complexity index is 1100. The van der Waals surface area contributed by atoms with E-state index in [0.717, 1.165) is 17.2 Å². The molecule has 0 saturated carbocycles. The minimum atomic E-state index is -0.550. The average molecular weight is 481 g/mol. The number of hydrogen-bond acceptors (Lipinski definition) is 8. The van der Waals surface area contributed by atoms with E-state index in [9.17, 15) is 14.4 Å². The van der Waals surface area contributed by atoms with Crippen LogP contribution in [0, 0.1) is 0 Å². The van der Waals surface area contributed by atoms with Crippen LogP contribution < -0.4 is 14.2 Å². The highest BCUT2D eigenvalue weighted by molar-refractivity contribution is 5.89. The molecule has 0 fully saturated rings. The van der Waals surface area contributed by atoms with Crippen LogP contribution in [0.25, 0.3) is 11.1 Å². The molecule has 35 heavy (non-hydrogen) atoms. The predicted molar refractivity (Wildman–Crippen MR) is 130 cm³/mol. The van der Waals surface area contributed by atoms with Gasteiger partial charge in [0, 0.05) is 17.2 Å². The van der Waals surface area contributed by atoms with Crippen molar-refractivity contribution in [2.75, 3.05) is 26.4 Å². The summed E-state index contributed by atoms with van der Waals surface area (Å²) in [5.41, 5.74) is 2.25. The average Bonchev–Trinajstić information content (AvgIpc) is 2.84. The number of esters is 3. The van der Waals surface area contributed by atoms with Crippen LogP contribution in [-0.2, 0) is 23.9 Å². The fourth-order valence-electron chi connectivity index (χ4n) is 2.59. The van der Waals surface area contributed by atoms with Crippen molar-refractivity contribution in [2.45, 2.75) is 13.8 Å². The number of ether oxygens (including phenoxy) is 5. The maximum absolute atomic E-state index is 11.7. The topological polar surface area (TPSA) is 97.4 Å². The van der Waals surface area contributed by atoms with Crippen LogP contribution in [0.15, 0.2) is 79.4 Å². The molecule has 0 bridgehead atoms. The van der Waals surface area contributed by atoms with Gasteiger partial charge in [0.1, 0.15) is 32.2 Å². The summed E-state index contributed by atoms with van der Waals surface area (Å²) in [4.78, 5) is 34.4. The molecule has 2 aromatic rings. The molecule has 0 aliphatic heterocycles. The van der Waals surface area contributed by atoms with E-state index in [4.69, 9.17) is 23.7 Å². The van der Waals surface area contributed by atoms with Gasteiger partial charge in [-0.2, -0.15) is 0 Å². The summed E-state index contributed by atoms with van der Waals surface area (Å²) in [6, 6.07) is 12.2. The molecular formula is C27H28O8. The van der Waals surface area contributed by atoms with Crippen LogP contribution in [-0.4, -0.2) is 44.3 Å². The van der Waals surface area contributed by atoms with Gasteiger partial charge in [-0.05, 0) is 49.2 Å². The lowest BCUT2D eigenvalue weighted by Gasteiger charge is -2.15. The van der Waals surface area contributed by atoms with Crippen molar-refractivity contribution in [3.63, 3.8) is 0 Å². The molecule has 0 atom stereocenters. The van der Waals surface area contributed by atoms with Crippen molar-refractivity contribution in [1.82, 2.24) is 0 Å². The van der Waals surface area contributed by atoms with Crippen molar-refractivity contribution < 1.29 is 38.1 Å². The lowest BCUT2D eigenvalue weighted by atomic mass is 10.0. The zero-order valence-electron chi connectivity index (χ0n) is 19.8. The Labute approximate surface area is 204 Å². The smallest absolute Gasteiger partial charge is 0.338 e. The van der Waals surface area contributed by atoms with Crippen molar-refractivity contribution in [3.8, 4) is 28.4 Å². The third kappa shape index (κ3) is 8.85.